The summed E-state index contributed by atoms with van der Waals surface area (Å²) in [6.45, 7) is 6.17. The lowest BCUT2D eigenvalue weighted by Crippen LogP contribution is -2.48. The van der Waals surface area contributed by atoms with Crippen LogP contribution in [0, 0.1) is 5.92 Å². The summed E-state index contributed by atoms with van der Waals surface area (Å²) in [7, 11) is 3.49. The Labute approximate surface area is 92.7 Å². The highest BCUT2D eigenvalue weighted by Gasteiger charge is 2.20. The van der Waals surface area contributed by atoms with Gasteiger partial charge in [0, 0.05) is 26.7 Å². The smallest absolute Gasteiger partial charge is 0.238 e. The third-order valence-corrected chi connectivity index (χ3v) is 2.52. The first-order chi connectivity index (χ1) is 6.90. The Morgan fingerprint density at radius 3 is 2.20 bits per heavy atom. The largest absolute Gasteiger partial charge is 0.396 e. The summed E-state index contributed by atoms with van der Waals surface area (Å²) in [5.41, 5.74) is 0. The van der Waals surface area contributed by atoms with Crippen LogP contribution in [0.15, 0.2) is 0 Å². The van der Waals surface area contributed by atoms with E-state index in [-0.39, 0.29) is 24.6 Å². The van der Waals surface area contributed by atoms with E-state index in [4.69, 9.17) is 5.11 Å². The molecule has 0 bridgehead atoms. The van der Waals surface area contributed by atoms with E-state index < -0.39 is 0 Å². The number of amides is 1. The fourth-order valence-corrected chi connectivity index (χ4v) is 1.53. The number of likely N-dealkylation sites (N-methyl/N-ethyl adjacent to an activating group) is 1. The van der Waals surface area contributed by atoms with Crippen molar-refractivity contribution in [2.75, 3.05) is 20.7 Å². The van der Waals surface area contributed by atoms with Crippen molar-refractivity contribution in [1.82, 2.24) is 10.2 Å². The summed E-state index contributed by atoms with van der Waals surface area (Å²) in [6, 6.07) is -0.00662. The van der Waals surface area contributed by atoms with Gasteiger partial charge in [-0.2, -0.15) is 0 Å². The number of aliphatic hydroxyl groups excluding tert-OH is 1. The summed E-state index contributed by atoms with van der Waals surface area (Å²) in [6.07, 6.45) is 0.683. The number of hydrogen-bond donors (Lipinski definition) is 2. The SMILES string of the molecule is CC(NC(CCO)C(C)C)C(=O)N(C)C. The number of carbonyl (C=O) groups excluding carboxylic acids is 1. The Balaban J connectivity index is 4.21. The van der Waals surface area contributed by atoms with Gasteiger partial charge in [0.25, 0.3) is 0 Å². The molecule has 2 atom stereocenters. The van der Waals surface area contributed by atoms with Gasteiger partial charge in [-0.1, -0.05) is 13.8 Å². The third kappa shape index (κ3) is 5.14. The van der Waals surface area contributed by atoms with Gasteiger partial charge in [0.15, 0.2) is 0 Å². The molecular formula is C11H24N2O2. The van der Waals surface area contributed by atoms with E-state index in [1.165, 1.54) is 0 Å². The van der Waals surface area contributed by atoms with E-state index >= 15 is 0 Å². The molecule has 0 spiro atoms. The normalized spacial score (nSPS) is 15.1. The second-order valence-electron chi connectivity index (χ2n) is 4.48. The average Bonchev–Trinajstić information content (AvgIpc) is 2.15. The first-order valence-electron chi connectivity index (χ1n) is 5.48. The number of hydrogen-bond acceptors (Lipinski definition) is 3. The van der Waals surface area contributed by atoms with E-state index in [0.717, 1.165) is 0 Å². The second kappa shape index (κ2) is 6.80. The molecule has 0 rings (SSSR count). The standard InChI is InChI=1S/C11H24N2O2/c1-8(2)10(6-7-14)12-9(3)11(15)13(4)5/h8-10,12,14H,6-7H2,1-5H3. The molecule has 0 aliphatic rings. The predicted molar refractivity (Wildman–Crippen MR) is 61.6 cm³/mol. The van der Waals surface area contributed by atoms with Crippen molar-refractivity contribution in [3.05, 3.63) is 0 Å². The summed E-state index contributed by atoms with van der Waals surface area (Å²) >= 11 is 0. The highest BCUT2D eigenvalue weighted by atomic mass is 16.3. The monoisotopic (exact) mass is 216 g/mol. The molecule has 0 radical (unpaired) electrons. The molecule has 2 N–H and O–H groups in total. The molecule has 90 valence electrons. The van der Waals surface area contributed by atoms with Gasteiger partial charge in [0.05, 0.1) is 6.04 Å². The van der Waals surface area contributed by atoms with Crippen molar-refractivity contribution in [3.63, 3.8) is 0 Å². The predicted octanol–water partition coefficient (Wildman–Crippen LogP) is 0.460. The molecule has 0 saturated carbocycles. The molecule has 15 heavy (non-hydrogen) atoms. The molecule has 0 heterocycles. The Morgan fingerprint density at radius 2 is 1.87 bits per heavy atom. The third-order valence-electron chi connectivity index (χ3n) is 2.52. The fraction of sp³-hybridized carbons (Fsp3) is 0.909. The van der Waals surface area contributed by atoms with Gasteiger partial charge in [0.1, 0.15) is 0 Å². The summed E-state index contributed by atoms with van der Waals surface area (Å²) < 4.78 is 0. The van der Waals surface area contributed by atoms with Crippen molar-refractivity contribution >= 4 is 5.91 Å². The molecule has 4 nitrogen and oxygen atoms in total. The average molecular weight is 216 g/mol. The molecule has 1 amide bonds. The molecule has 0 aliphatic carbocycles. The molecule has 0 aliphatic heterocycles. The van der Waals surface area contributed by atoms with Crippen LogP contribution in [0.3, 0.4) is 0 Å². The maximum atomic E-state index is 11.6. The number of carbonyl (C=O) groups is 1. The zero-order valence-corrected chi connectivity index (χ0v) is 10.4. The number of nitrogens with zero attached hydrogens (tertiary/aromatic N) is 1. The van der Waals surface area contributed by atoms with Crippen molar-refractivity contribution < 1.29 is 9.90 Å². The van der Waals surface area contributed by atoms with Crippen molar-refractivity contribution in [2.24, 2.45) is 5.92 Å². The minimum absolute atomic E-state index is 0.0681. The zero-order valence-electron chi connectivity index (χ0n) is 10.4. The van der Waals surface area contributed by atoms with Crippen molar-refractivity contribution in [3.8, 4) is 0 Å². The number of rotatable bonds is 6. The topological polar surface area (TPSA) is 52.6 Å². The van der Waals surface area contributed by atoms with Gasteiger partial charge in [-0.15, -0.1) is 0 Å². The van der Waals surface area contributed by atoms with Gasteiger partial charge in [-0.05, 0) is 19.3 Å². The minimum Gasteiger partial charge on any atom is -0.396 e. The molecule has 0 aromatic heterocycles. The van der Waals surface area contributed by atoms with E-state index in [0.29, 0.717) is 12.3 Å². The highest BCUT2D eigenvalue weighted by Crippen LogP contribution is 2.07. The Bertz CT molecular complexity index is 193. The molecule has 0 aromatic carbocycles. The van der Waals surface area contributed by atoms with E-state index in [1.54, 1.807) is 19.0 Å². The lowest BCUT2D eigenvalue weighted by atomic mass is 10.0. The van der Waals surface area contributed by atoms with Crippen LogP contribution in [0.25, 0.3) is 0 Å². The van der Waals surface area contributed by atoms with E-state index in [2.05, 4.69) is 19.2 Å². The van der Waals surface area contributed by atoms with Crippen LogP contribution >= 0.6 is 0 Å². The van der Waals surface area contributed by atoms with Crippen LogP contribution in [-0.4, -0.2) is 48.7 Å². The van der Waals surface area contributed by atoms with Gasteiger partial charge in [-0.3, -0.25) is 4.79 Å². The first kappa shape index (κ1) is 14.4. The minimum atomic E-state index is -0.195. The first-order valence-corrected chi connectivity index (χ1v) is 5.48. The van der Waals surface area contributed by atoms with Gasteiger partial charge >= 0.3 is 0 Å². The van der Waals surface area contributed by atoms with Crippen LogP contribution < -0.4 is 5.32 Å². The molecule has 0 fully saturated rings. The second-order valence-corrected chi connectivity index (χ2v) is 4.48. The van der Waals surface area contributed by atoms with Crippen LogP contribution in [0.4, 0.5) is 0 Å². The van der Waals surface area contributed by atoms with Crippen LogP contribution in [-0.2, 0) is 4.79 Å². The number of nitrogens with one attached hydrogen (secondary N) is 1. The Kier molecular flexibility index (Phi) is 6.52. The summed E-state index contributed by atoms with van der Waals surface area (Å²) in [5.74, 6) is 0.480. The van der Waals surface area contributed by atoms with Gasteiger partial charge in [0.2, 0.25) is 5.91 Å². The molecule has 0 aromatic rings. The Morgan fingerprint density at radius 1 is 1.33 bits per heavy atom. The lowest BCUT2D eigenvalue weighted by Gasteiger charge is -2.26. The van der Waals surface area contributed by atoms with E-state index in [1.807, 2.05) is 6.92 Å². The van der Waals surface area contributed by atoms with E-state index in [9.17, 15) is 4.79 Å². The highest BCUT2D eigenvalue weighted by molar-refractivity contribution is 5.80. The van der Waals surface area contributed by atoms with Crippen LogP contribution in [0.5, 0.6) is 0 Å². The molecule has 0 saturated heterocycles. The molecule has 4 heteroatoms. The van der Waals surface area contributed by atoms with Crippen molar-refractivity contribution in [1.29, 1.82) is 0 Å². The zero-order chi connectivity index (χ0) is 12.0. The van der Waals surface area contributed by atoms with Gasteiger partial charge in [-0.25, -0.2) is 0 Å². The Hall–Kier alpha value is -0.610. The van der Waals surface area contributed by atoms with Gasteiger partial charge < -0.3 is 15.3 Å². The maximum Gasteiger partial charge on any atom is 0.238 e. The molecule has 2 unspecified atom stereocenters. The number of aliphatic hydroxyl groups is 1. The fourth-order valence-electron chi connectivity index (χ4n) is 1.53. The van der Waals surface area contributed by atoms with Crippen LogP contribution in [0.1, 0.15) is 27.2 Å². The van der Waals surface area contributed by atoms with Crippen molar-refractivity contribution in [2.45, 2.75) is 39.3 Å². The summed E-state index contributed by atoms with van der Waals surface area (Å²) in [5, 5.41) is 12.2. The quantitative estimate of drug-likeness (QED) is 0.678. The maximum absolute atomic E-state index is 11.6. The lowest BCUT2D eigenvalue weighted by molar-refractivity contribution is -0.130. The van der Waals surface area contributed by atoms with Crippen LogP contribution in [0.2, 0.25) is 0 Å². The molecular weight excluding hydrogens is 192 g/mol. The summed E-state index contributed by atoms with van der Waals surface area (Å²) in [4.78, 5) is 13.2.